The van der Waals surface area contributed by atoms with Crippen LogP contribution in [-0.4, -0.2) is 41.0 Å². The van der Waals surface area contributed by atoms with E-state index in [1.165, 1.54) is 24.3 Å². The Kier molecular flexibility index (Phi) is 8.14. The standard InChI is InChI=1S/C23H27F3N2O4S/c1-3-22(2,21(29)27-30)19-6-4-5-7-20(19)33-28-14-12-17(13-15-28)31-16-8-10-18(11-9-16)32-23(24,25)26/h4-11,17,30H,3,12-15H2,1-2H3,(H,27,29). The van der Waals surface area contributed by atoms with Gasteiger partial charge in [-0.2, -0.15) is 0 Å². The normalized spacial score (nSPS) is 17.3. The summed E-state index contributed by atoms with van der Waals surface area (Å²) < 4.78 is 48.9. The summed E-state index contributed by atoms with van der Waals surface area (Å²) in [6.45, 7) is 5.20. The van der Waals surface area contributed by atoms with Gasteiger partial charge < -0.3 is 9.47 Å². The number of rotatable bonds is 8. The van der Waals surface area contributed by atoms with Gasteiger partial charge in [-0.3, -0.25) is 10.0 Å². The van der Waals surface area contributed by atoms with Crippen LogP contribution >= 0.6 is 11.9 Å². The summed E-state index contributed by atoms with van der Waals surface area (Å²) in [5.74, 6) is -0.236. The molecule has 0 spiro atoms. The summed E-state index contributed by atoms with van der Waals surface area (Å²) in [5, 5.41) is 9.20. The van der Waals surface area contributed by atoms with E-state index in [0.717, 1.165) is 36.4 Å². The number of nitrogens with zero attached hydrogens (tertiary/aromatic N) is 1. The SMILES string of the molecule is CCC(C)(C(=O)NO)c1ccccc1SN1CCC(Oc2ccc(OC(F)(F)F)cc2)CC1. The molecule has 33 heavy (non-hydrogen) atoms. The second-order valence-electron chi connectivity index (χ2n) is 7.98. The van der Waals surface area contributed by atoms with Gasteiger partial charge in [0.25, 0.3) is 5.91 Å². The van der Waals surface area contributed by atoms with Crippen molar-refractivity contribution >= 4 is 17.9 Å². The number of halogens is 3. The first kappa shape index (κ1) is 25.2. The largest absolute Gasteiger partial charge is 0.573 e. The Bertz CT molecular complexity index is 934. The van der Waals surface area contributed by atoms with Gasteiger partial charge in [-0.25, -0.2) is 9.79 Å². The van der Waals surface area contributed by atoms with Crippen LogP contribution in [0.2, 0.25) is 0 Å². The molecular weight excluding hydrogens is 457 g/mol. The van der Waals surface area contributed by atoms with Crippen LogP contribution in [0.15, 0.2) is 53.4 Å². The summed E-state index contributed by atoms with van der Waals surface area (Å²) in [6, 6.07) is 13.1. The van der Waals surface area contributed by atoms with E-state index in [2.05, 4.69) is 9.04 Å². The molecule has 1 heterocycles. The monoisotopic (exact) mass is 484 g/mol. The second-order valence-corrected chi connectivity index (χ2v) is 9.12. The predicted molar refractivity (Wildman–Crippen MR) is 118 cm³/mol. The van der Waals surface area contributed by atoms with E-state index in [1.54, 1.807) is 17.4 Å². The smallest absolute Gasteiger partial charge is 0.490 e. The van der Waals surface area contributed by atoms with E-state index in [1.807, 2.05) is 38.1 Å². The second kappa shape index (κ2) is 10.7. The van der Waals surface area contributed by atoms with Crippen LogP contribution in [0.4, 0.5) is 13.2 Å². The van der Waals surface area contributed by atoms with Gasteiger partial charge >= 0.3 is 6.36 Å². The van der Waals surface area contributed by atoms with Crippen molar-refractivity contribution in [2.24, 2.45) is 0 Å². The molecule has 0 radical (unpaired) electrons. The Hall–Kier alpha value is -2.43. The van der Waals surface area contributed by atoms with Crippen molar-refractivity contribution in [3.63, 3.8) is 0 Å². The Balaban J connectivity index is 1.58. The number of carbonyl (C=O) groups excluding carboxylic acids is 1. The molecule has 10 heteroatoms. The zero-order valence-corrected chi connectivity index (χ0v) is 19.2. The molecule has 0 aliphatic carbocycles. The summed E-state index contributed by atoms with van der Waals surface area (Å²) in [4.78, 5) is 13.3. The third-order valence-corrected chi connectivity index (χ3v) is 6.96. The molecule has 2 aromatic carbocycles. The molecule has 6 nitrogen and oxygen atoms in total. The average Bonchev–Trinajstić information content (AvgIpc) is 2.80. The van der Waals surface area contributed by atoms with Crippen molar-refractivity contribution in [2.75, 3.05) is 13.1 Å². The molecule has 1 aliphatic rings. The van der Waals surface area contributed by atoms with E-state index in [-0.39, 0.29) is 11.9 Å². The van der Waals surface area contributed by atoms with Crippen LogP contribution in [-0.2, 0) is 10.2 Å². The highest BCUT2D eigenvalue weighted by Gasteiger charge is 2.36. The fraction of sp³-hybridized carbons (Fsp3) is 0.435. The maximum Gasteiger partial charge on any atom is 0.573 e. The minimum Gasteiger partial charge on any atom is -0.490 e. The molecule has 0 bridgehead atoms. The van der Waals surface area contributed by atoms with E-state index in [4.69, 9.17) is 4.74 Å². The van der Waals surface area contributed by atoms with Crippen LogP contribution in [0, 0.1) is 0 Å². The Labute approximate surface area is 195 Å². The highest BCUT2D eigenvalue weighted by molar-refractivity contribution is 7.97. The average molecular weight is 485 g/mol. The van der Waals surface area contributed by atoms with Crippen LogP contribution < -0.4 is 15.0 Å². The van der Waals surface area contributed by atoms with Gasteiger partial charge in [0, 0.05) is 18.0 Å². The summed E-state index contributed by atoms with van der Waals surface area (Å²) in [6.07, 6.45) is -2.75. The van der Waals surface area contributed by atoms with Gasteiger partial charge in [0.15, 0.2) is 0 Å². The van der Waals surface area contributed by atoms with Gasteiger partial charge in [0.2, 0.25) is 0 Å². The summed E-state index contributed by atoms with van der Waals surface area (Å²) >= 11 is 1.57. The van der Waals surface area contributed by atoms with Gasteiger partial charge in [-0.1, -0.05) is 25.1 Å². The van der Waals surface area contributed by atoms with Gasteiger partial charge in [0.05, 0.1) is 5.41 Å². The molecular formula is C23H27F3N2O4S. The number of amides is 1. The number of benzene rings is 2. The first-order valence-electron chi connectivity index (χ1n) is 10.6. The number of hydrogen-bond acceptors (Lipinski definition) is 6. The number of hydrogen-bond donors (Lipinski definition) is 2. The molecule has 0 aromatic heterocycles. The number of piperidine rings is 1. The molecule has 2 N–H and O–H groups in total. The third-order valence-electron chi connectivity index (χ3n) is 5.78. The van der Waals surface area contributed by atoms with Crippen LogP contribution in [0.25, 0.3) is 0 Å². The zero-order chi connectivity index (χ0) is 24.1. The third kappa shape index (κ3) is 6.55. The molecule has 1 aliphatic heterocycles. The highest BCUT2D eigenvalue weighted by Crippen LogP contribution is 2.38. The van der Waals surface area contributed by atoms with Crippen molar-refractivity contribution in [3.8, 4) is 11.5 Å². The molecule has 1 fully saturated rings. The maximum atomic E-state index is 12.4. The van der Waals surface area contributed by atoms with Crippen molar-refractivity contribution in [2.45, 2.75) is 55.9 Å². The topological polar surface area (TPSA) is 71.0 Å². The van der Waals surface area contributed by atoms with E-state index < -0.39 is 17.7 Å². The van der Waals surface area contributed by atoms with Crippen molar-refractivity contribution in [1.82, 2.24) is 9.79 Å². The Morgan fingerprint density at radius 1 is 1.12 bits per heavy atom. The first-order chi connectivity index (χ1) is 15.6. The molecule has 0 saturated carbocycles. The lowest BCUT2D eigenvalue weighted by molar-refractivity contribution is -0.274. The molecule has 180 valence electrons. The lowest BCUT2D eigenvalue weighted by Gasteiger charge is -2.33. The minimum absolute atomic E-state index is 0.0486. The van der Waals surface area contributed by atoms with Gasteiger partial charge in [0.1, 0.15) is 17.6 Å². The van der Waals surface area contributed by atoms with Gasteiger partial charge in [-0.05, 0) is 74.0 Å². The van der Waals surface area contributed by atoms with E-state index in [9.17, 15) is 23.2 Å². The van der Waals surface area contributed by atoms with Crippen LogP contribution in [0.3, 0.4) is 0 Å². The lowest BCUT2D eigenvalue weighted by atomic mass is 9.79. The predicted octanol–water partition coefficient (Wildman–Crippen LogP) is 5.31. The molecule has 1 unspecified atom stereocenters. The van der Waals surface area contributed by atoms with E-state index in [0.29, 0.717) is 12.2 Å². The molecule has 1 atom stereocenters. The fourth-order valence-corrected chi connectivity index (χ4v) is 4.89. The van der Waals surface area contributed by atoms with Crippen LogP contribution in [0.5, 0.6) is 11.5 Å². The summed E-state index contributed by atoms with van der Waals surface area (Å²) in [7, 11) is 0. The Morgan fingerprint density at radius 3 is 2.30 bits per heavy atom. The zero-order valence-electron chi connectivity index (χ0n) is 18.4. The van der Waals surface area contributed by atoms with Crippen molar-refractivity contribution < 1.29 is 32.6 Å². The number of carbonyl (C=O) groups is 1. The molecule has 3 rings (SSSR count). The highest BCUT2D eigenvalue weighted by atomic mass is 32.2. The molecule has 1 saturated heterocycles. The first-order valence-corrected chi connectivity index (χ1v) is 11.4. The van der Waals surface area contributed by atoms with Crippen LogP contribution in [0.1, 0.15) is 38.7 Å². The maximum absolute atomic E-state index is 12.4. The summed E-state index contributed by atoms with van der Waals surface area (Å²) in [5.41, 5.74) is 1.78. The van der Waals surface area contributed by atoms with Crippen molar-refractivity contribution in [3.05, 3.63) is 54.1 Å². The fourth-order valence-electron chi connectivity index (χ4n) is 3.69. The van der Waals surface area contributed by atoms with Gasteiger partial charge in [-0.15, -0.1) is 13.2 Å². The number of ether oxygens (including phenoxy) is 2. The lowest BCUT2D eigenvalue weighted by Crippen LogP contribution is -2.41. The van der Waals surface area contributed by atoms with Crippen molar-refractivity contribution in [1.29, 1.82) is 0 Å². The quantitative estimate of drug-likeness (QED) is 0.301. The number of nitrogens with one attached hydrogen (secondary N) is 1. The number of hydroxylamine groups is 1. The Morgan fingerprint density at radius 2 is 1.73 bits per heavy atom. The number of alkyl halides is 3. The minimum atomic E-state index is -4.72. The van der Waals surface area contributed by atoms with E-state index >= 15 is 0 Å². The molecule has 2 aromatic rings. The molecule has 1 amide bonds.